The van der Waals surface area contributed by atoms with Crippen LogP contribution in [-0.4, -0.2) is 26.7 Å². The summed E-state index contributed by atoms with van der Waals surface area (Å²) in [6.07, 6.45) is 3.28. The average Bonchev–Trinajstić information content (AvgIpc) is 3.44. The third kappa shape index (κ3) is 5.02. The predicted octanol–water partition coefficient (Wildman–Crippen LogP) is 5.49. The number of benzene rings is 2. The first-order valence-corrected chi connectivity index (χ1v) is 11.9. The van der Waals surface area contributed by atoms with Gasteiger partial charge in [-0.2, -0.15) is 0 Å². The van der Waals surface area contributed by atoms with Gasteiger partial charge in [0.1, 0.15) is 35.7 Å². The lowest BCUT2D eigenvalue weighted by Gasteiger charge is -2.23. The highest BCUT2D eigenvalue weighted by atomic mass is 16.5. The zero-order valence-electron chi connectivity index (χ0n) is 20.5. The standard InChI is InChI=1S/C30H26N2O5/c1-19-5-3-6-21(15-19)18-36-24-11-9-23(10-12-24)28(33)26-27(25-13-8-20(2)37-25)32(30(35)29(26)34)17-22-7-4-14-31-16-22/h3-16,27,33H,17-18H2,1-2H3/b28-26+/t27-/m1/s1. The summed E-state index contributed by atoms with van der Waals surface area (Å²) in [4.78, 5) is 31.8. The number of rotatable bonds is 7. The number of pyridine rings is 1. The van der Waals surface area contributed by atoms with E-state index >= 15 is 0 Å². The number of aromatic nitrogens is 1. The molecular formula is C30H26N2O5. The first kappa shape index (κ1) is 24.1. The number of furan rings is 1. The lowest BCUT2D eigenvalue weighted by molar-refractivity contribution is -0.140. The second kappa shape index (κ2) is 10.1. The molecule has 4 aromatic rings. The Morgan fingerprint density at radius 1 is 1.00 bits per heavy atom. The van der Waals surface area contributed by atoms with E-state index in [1.807, 2.05) is 31.2 Å². The number of amides is 1. The fourth-order valence-corrected chi connectivity index (χ4v) is 4.46. The Hall–Kier alpha value is -4.65. The number of hydrogen-bond acceptors (Lipinski definition) is 6. The van der Waals surface area contributed by atoms with Crippen LogP contribution in [0.3, 0.4) is 0 Å². The van der Waals surface area contributed by atoms with E-state index in [4.69, 9.17) is 9.15 Å². The van der Waals surface area contributed by atoms with Gasteiger partial charge in [-0.25, -0.2) is 0 Å². The van der Waals surface area contributed by atoms with Crippen LogP contribution in [0.15, 0.2) is 95.2 Å². The molecule has 1 saturated heterocycles. The van der Waals surface area contributed by atoms with Crippen LogP contribution in [0.1, 0.15) is 39.8 Å². The van der Waals surface area contributed by atoms with E-state index in [9.17, 15) is 14.7 Å². The number of ketones is 1. The highest BCUT2D eigenvalue weighted by molar-refractivity contribution is 6.46. The lowest BCUT2D eigenvalue weighted by Crippen LogP contribution is -2.29. The molecule has 1 aliphatic rings. The number of aliphatic hydroxyl groups excluding tert-OH is 1. The number of nitrogens with zero attached hydrogens (tertiary/aromatic N) is 2. The van der Waals surface area contributed by atoms with Gasteiger partial charge in [-0.05, 0) is 67.4 Å². The smallest absolute Gasteiger partial charge is 0.296 e. The van der Waals surface area contributed by atoms with E-state index < -0.39 is 17.7 Å². The van der Waals surface area contributed by atoms with Gasteiger partial charge in [-0.15, -0.1) is 0 Å². The summed E-state index contributed by atoms with van der Waals surface area (Å²) in [5.41, 5.74) is 3.34. The largest absolute Gasteiger partial charge is 0.507 e. The maximum Gasteiger partial charge on any atom is 0.296 e. The van der Waals surface area contributed by atoms with Gasteiger partial charge in [0.2, 0.25) is 0 Å². The van der Waals surface area contributed by atoms with Gasteiger partial charge in [-0.3, -0.25) is 14.6 Å². The van der Waals surface area contributed by atoms with Gasteiger partial charge in [0, 0.05) is 24.5 Å². The summed E-state index contributed by atoms with van der Waals surface area (Å²) in [5, 5.41) is 11.2. The van der Waals surface area contributed by atoms with Crippen molar-refractivity contribution < 1.29 is 23.8 Å². The Morgan fingerprint density at radius 2 is 1.78 bits per heavy atom. The highest BCUT2D eigenvalue weighted by Crippen LogP contribution is 2.41. The molecule has 0 unspecified atom stereocenters. The molecule has 2 aromatic heterocycles. The van der Waals surface area contributed by atoms with E-state index in [0.29, 0.717) is 29.4 Å². The van der Waals surface area contributed by atoms with Gasteiger partial charge >= 0.3 is 0 Å². The van der Waals surface area contributed by atoms with Crippen LogP contribution in [-0.2, 0) is 22.7 Å². The quantitative estimate of drug-likeness (QED) is 0.207. The number of aryl methyl sites for hydroxylation is 2. The van der Waals surface area contributed by atoms with Crippen LogP contribution < -0.4 is 4.74 Å². The van der Waals surface area contributed by atoms with Crippen LogP contribution in [0.25, 0.3) is 5.76 Å². The summed E-state index contributed by atoms with van der Waals surface area (Å²) in [6.45, 7) is 4.36. The van der Waals surface area contributed by atoms with Crippen molar-refractivity contribution in [3.05, 3.63) is 125 Å². The molecular weight excluding hydrogens is 468 g/mol. The molecule has 0 aliphatic carbocycles. The number of likely N-dealkylation sites (tertiary alicyclic amines) is 1. The summed E-state index contributed by atoms with van der Waals surface area (Å²) in [5.74, 6) is -0.0790. The molecule has 0 spiro atoms. The zero-order valence-corrected chi connectivity index (χ0v) is 20.5. The van der Waals surface area contributed by atoms with Crippen LogP contribution >= 0.6 is 0 Å². The molecule has 7 nitrogen and oxygen atoms in total. The van der Waals surface area contributed by atoms with E-state index in [2.05, 4.69) is 11.1 Å². The molecule has 1 aliphatic heterocycles. The van der Waals surface area contributed by atoms with Crippen molar-refractivity contribution in [2.24, 2.45) is 0 Å². The lowest BCUT2D eigenvalue weighted by atomic mass is 9.99. The third-order valence-corrected chi connectivity index (χ3v) is 6.26. The van der Waals surface area contributed by atoms with Crippen molar-refractivity contribution in [1.29, 1.82) is 0 Å². The number of Topliss-reactive ketones (excluding diaryl/α,β-unsaturated/α-hetero) is 1. The number of carbonyl (C=O) groups excluding carboxylic acids is 2. The molecule has 0 radical (unpaired) electrons. The molecule has 186 valence electrons. The SMILES string of the molecule is Cc1cccc(COc2ccc(/C(O)=C3\C(=O)C(=O)N(Cc4cccnc4)[C@@H]3c3ccc(C)o3)cc2)c1. The summed E-state index contributed by atoms with van der Waals surface area (Å²) < 4.78 is 11.7. The Labute approximate surface area is 214 Å². The predicted molar refractivity (Wildman–Crippen MR) is 137 cm³/mol. The van der Waals surface area contributed by atoms with E-state index in [-0.39, 0.29) is 17.9 Å². The maximum atomic E-state index is 13.2. The minimum atomic E-state index is -0.869. The minimum Gasteiger partial charge on any atom is -0.507 e. The number of ether oxygens (including phenoxy) is 1. The Kier molecular flexibility index (Phi) is 6.60. The Balaban J connectivity index is 1.45. The first-order chi connectivity index (χ1) is 17.9. The van der Waals surface area contributed by atoms with E-state index in [1.54, 1.807) is 61.8 Å². The van der Waals surface area contributed by atoms with Crippen molar-refractivity contribution in [2.75, 3.05) is 0 Å². The summed E-state index contributed by atoms with van der Waals surface area (Å²) in [6, 6.07) is 21.0. The monoisotopic (exact) mass is 494 g/mol. The number of aliphatic hydroxyl groups is 1. The third-order valence-electron chi connectivity index (χ3n) is 6.26. The molecule has 1 atom stereocenters. The van der Waals surface area contributed by atoms with Crippen LogP contribution in [0.4, 0.5) is 0 Å². The molecule has 2 aromatic carbocycles. The van der Waals surface area contributed by atoms with Crippen LogP contribution in [0, 0.1) is 13.8 Å². The van der Waals surface area contributed by atoms with Gasteiger partial charge < -0.3 is 19.2 Å². The van der Waals surface area contributed by atoms with E-state index in [0.717, 1.165) is 16.7 Å². The number of carbonyl (C=O) groups is 2. The molecule has 0 bridgehead atoms. The van der Waals surface area contributed by atoms with Crippen molar-refractivity contribution in [2.45, 2.75) is 33.0 Å². The highest BCUT2D eigenvalue weighted by Gasteiger charge is 2.47. The molecule has 1 N–H and O–H groups in total. The van der Waals surface area contributed by atoms with Crippen LogP contribution in [0.2, 0.25) is 0 Å². The summed E-state index contributed by atoms with van der Waals surface area (Å²) >= 11 is 0. The van der Waals surface area contributed by atoms with Crippen LogP contribution in [0.5, 0.6) is 5.75 Å². The Bertz CT molecular complexity index is 1470. The average molecular weight is 495 g/mol. The zero-order chi connectivity index (χ0) is 25.9. The second-order valence-electron chi connectivity index (χ2n) is 9.04. The first-order valence-electron chi connectivity index (χ1n) is 11.9. The van der Waals surface area contributed by atoms with Crippen molar-refractivity contribution in [1.82, 2.24) is 9.88 Å². The van der Waals surface area contributed by atoms with Gasteiger partial charge in [0.05, 0.1) is 5.57 Å². The normalized spacial score (nSPS) is 16.8. The molecule has 7 heteroatoms. The molecule has 37 heavy (non-hydrogen) atoms. The topological polar surface area (TPSA) is 92.9 Å². The van der Waals surface area contributed by atoms with Gasteiger partial charge in [0.25, 0.3) is 11.7 Å². The molecule has 1 fully saturated rings. The maximum absolute atomic E-state index is 13.2. The van der Waals surface area contributed by atoms with Crippen molar-refractivity contribution >= 4 is 17.4 Å². The van der Waals surface area contributed by atoms with Gasteiger partial charge in [0.15, 0.2) is 0 Å². The number of hydrogen-bond donors (Lipinski definition) is 1. The van der Waals surface area contributed by atoms with Crippen molar-refractivity contribution in [3.8, 4) is 5.75 Å². The van der Waals surface area contributed by atoms with Crippen molar-refractivity contribution in [3.63, 3.8) is 0 Å². The molecule has 3 heterocycles. The fraction of sp³-hybridized carbons (Fsp3) is 0.167. The minimum absolute atomic E-state index is 0.0170. The Morgan fingerprint density at radius 3 is 2.46 bits per heavy atom. The van der Waals surface area contributed by atoms with Gasteiger partial charge in [-0.1, -0.05) is 35.9 Å². The molecule has 1 amide bonds. The summed E-state index contributed by atoms with van der Waals surface area (Å²) in [7, 11) is 0. The molecule has 0 saturated carbocycles. The fourth-order valence-electron chi connectivity index (χ4n) is 4.46. The van der Waals surface area contributed by atoms with E-state index in [1.165, 1.54) is 4.90 Å². The molecule has 5 rings (SSSR count). The second-order valence-corrected chi connectivity index (χ2v) is 9.04.